The lowest BCUT2D eigenvalue weighted by Crippen LogP contribution is -1.97. The monoisotopic (exact) mass is 351 g/mol. The number of benzene rings is 1. The highest BCUT2D eigenvalue weighted by atomic mass is 127. The third kappa shape index (κ3) is 1.88. The van der Waals surface area contributed by atoms with Crippen LogP contribution in [0.5, 0.6) is 0 Å². The molecule has 0 aliphatic rings. The first-order chi connectivity index (χ1) is 8.66. The first kappa shape index (κ1) is 11.9. The molecule has 3 rings (SSSR count). The maximum atomic E-state index is 4.66. The van der Waals surface area contributed by atoms with Crippen molar-refractivity contribution in [2.75, 3.05) is 0 Å². The molecule has 4 heteroatoms. The zero-order valence-corrected chi connectivity index (χ0v) is 12.5. The normalized spacial score (nSPS) is 11.8. The number of nitrogens with one attached hydrogen (secondary N) is 1. The third-order valence-electron chi connectivity index (χ3n) is 3.06. The van der Waals surface area contributed by atoms with Crippen molar-refractivity contribution >= 4 is 44.5 Å². The van der Waals surface area contributed by atoms with Crippen LogP contribution in [0.3, 0.4) is 0 Å². The molecule has 92 valence electrons. The topological polar surface area (TPSA) is 41.6 Å². The summed E-state index contributed by atoms with van der Waals surface area (Å²) in [5.41, 5.74) is 4.46. The van der Waals surface area contributed by atoms with Gasteiger partial charge in [-0.3, -0.25) is 0 Å². The molecule has 0 fully saturated rings. The average Bonchev–Trinajstić information content (AvgIpc) is 2.77. The molecule has 3 nitrogen and oxygen atoms in total. The van der Waals surface area contributed by atoms with Gasteiger partial charge in [0.05, 0.1) is 17.4 Å². The largest absolute Gasteiger partial charge is 0.342 e. The molecule has 2 aromatic heterocycles. The molecular weight excluding hydrogens is 337 g/mol. The Bertz CT molecular complexity index is 715. The lowest BCUT2D eigenvalue weighted by atomic mass is 9.98. The van der Waals surface area contributed by atoms with Crippen LogP contribution in [0.15, 0.2) is 24.5 Å². The van der Waals surface area contributed by atoms with Gasteiger partial charge in [0.25, 0.3) is 0 Å². The fourth-order valence-electron chi connectivity index (χ4n) is 2.37. The van der Waals surface area contributed by atoms with E-state index in [0.717, 1.165) is 26.7 Å². The predicted octanol–water partition coefficient (Wildman–Crippen LogP) is 3.91. The van der Waals surface area contributed by atoms with Gasteiger partial charge in [-0.15, -0.1) is 0 Å². The Morgan fingerprint density at radius 1 is 1.33 bits per heavy atom. The summed E-state index contributed by atoms with van der Waals surface area (Å²) >= 11 is 2.26. The van der Waals surface area contributed by atoms with Crippen molar-refractivity contribution in [1.29, 1.82) is 0 Å². The molecule has 1 aromatic carbocycles. The van der Waals surface area contributed by atoms with E-state index in [2.05, 4.69) is 69.6 Å². The highest BCUT2D eigenvalue weighted by Gasteiger charge is 2.12. The van der Waals surface area contributed by atoms with E-state index < -0.39 is 0 Å². The second-order valence-corrected chi connectivity index (χ2v) is 5.96. The Balaban J connectivity index is 2.41. The standard InChI is InChI=1S/C14H14IN3/c1-8(2)6-9-4-3-5-10-11(9)12-13(14(15)18-10)17-7-16-12/h3-5,7-8H,6H2,1-2H3,(H,16,17). The predicted molar refractivity (Wildman–Crippen MR) is 82.7 cm³/mol. The molecule has 0 aliphatic heterocycles. The van der Waals surface area contributed by atoms with E-state index >= 15 is 0 Å². The molecule has 0 radical (unpaired) electrons. The number of rotatable bonds is 2. The molecule has 0 aliphatic carbocycles. The summed E-state index contributed by atoms with van der Waals surface area (Å²) in [4.78, 5) is 12.3. The number of aromatic nitrogens is 3. The fourth-order valence-corrected chi connectivity index (χ4v) is 3.04. The maximum Gasteiger partial charge on any atom is 0.127 e. The zero-order valence-electron chi connectivity index (χ0n) is 10.4. The number of hydrogen-bond acceptors (Lipinski definition) is 2. The van der Waals surface area contributed by atoms with Gasteiger partial charge in [-0.2, -0.15) is 0 Å². The molecule has 0 atom stereocenters. The maximum absolute atomic E-state index is 4.66. The van der Waals surface area contributed by atoms with Crippen molar-refractivity contribution in [3.8, 4) is 0 Å². The van der Waals surface area contributed by atoms with E-state index in [1.165, 1.54) is 10.9 Å². The Labute approximate surface area is 119 Å². The molecule has 18 heavy (non-hydrogen) atoms. The average molecular weight is 351 g/mol. The van der Waals surface area contributed by atoms with Crippen LogP contribution in [0.2, 0.25) is 0 Å². The minimum atomic E-state index is 0.629. The number of fused-ring (bicyclic) bond motifs is 3. The van der Waals surface area contributed by atoms with Crippen molar-refractivity contribution in [2.24, 2.45) is 5.92 Å². The summed E-state index contributed by atoms with van der Waals surface area (Å²) < 4.78 is 0.981. The van der Waals surface area contributed by atoms with Crippen LogP contribution in [0.25, 0.3) is 21.9 Å². The Morgan fingerprint density at radius 2 is 2.17 bits per heavy atom. The van der Waals surface area contributed by atoms with E-state index in [0.29, 0.717) is 5.92 Å². The number of H-pyrrole nitrogens is 1. The van der Waals surface area contributed by atoms with E-state index in [1.54, 1.807) is 6.33 Å². The molecule has 0 spiro atoms. The number of pyridine rings is 1. The van der Waals surface area contributed by atoms with Gasteiger partial charge in [-0.25, -0.2) is 9.97 Å². The van der Waals surface area contributed by atoms with Gasteiger partial charge in [0.1, 0.15) is 9.22 Å². The number of nitrogens with zero attached hydrogens (tertiary/aromatic N) is 2. The fraction of sp³-hybridized carbons (Fsp3) is 0.286. The van der Waals surface area contributed by atoms with Gasteiger partial charge in [-0.1, -0.05) is 26.0 Å². The SMILES string of the molecule is CC(C)Cc1cccc2nc(I)c3[nH]cnc3c12. The van der Waals surface area contributed by atoms with E-state index in [9.17, 15) is 0 Å². The van der Waals surface area contributed by atoms with Gasteiger partial charge in [0, 0.05) is 5.39 Å². The zero-order chi connectivity index (χ0) is 12.7. The number of imidazole rings is 1. The van der Waals surface area contributed by atoms with E-state index in [4.69, 9.17) is 0 Å². The van der Waals surface area contributed by atoms with Gasteiger partial charge in [0.2, 0.25) is 0 Å². The lowest BCUT2D eigenvalue weighted by molar-refractivity contribution is 0.650. The molecule has 0 unspecified atom stereocenters. The summed E-state index contributed by atoms with van der Waals surface area (Å²) in [5.74, 6) is 0.629. The van der Waals surface area contributed by atoms with Gasteiger partial charge in [-0.05, 0) is 46.6 Å². The van der Waals surface area contributed by atoms with Gasteiger partial charge < -0.3 is 4.98 Å². The Morgan fingerprint density at radius 3 is 2.94 bits per heavy atom. The number of hydrogen-bond donors (Lipinski definition) is 1. The summed E-state index contributed by atoms with van der Waals surface area (Å²) in [6, 6.07) is 6.34. The van der Waals surface area contributed by atoms with Crippen molar-refractivity contribution < 1.29 is 0 Å². The van der Waals surface area contributed by atoms with Crippen LogP contribution in [0.4, 0.5) is 0 Å². The number of aromatic amines is 1. The molecule has 2 heterocycles. The highest BCUT2D eigenvalue weighted by Crippen LogP contribution is 2.28. The van der Waals surface area contributed by atoms with E-state index in [-0.39, 0.29) is 0 Å². The molecule has 0 bridgehead atoms. The molecule has 0 saturated heterocycles. The second-order valence-electron chi connectivity index (χ2n) is 4.94. The second kappa shape index (κ2) is 4.50. The smallest absolute Gasteiger partial charge is 0.127 e. The number of halogens is 1. The molecular formula is C14H14IN3. The van der Waals surface area contributed by atoms with Crippen LogP contribution >= 0.6 is 22.6 Å². The first-order valence-corrected chi connectivity index (χ1v) is 7.15. The van der Waals surface area contributed by atoms with Gasteiger partial charge >= 0.3 is 0 Å². The lowest BCUT2D eigenvalue weighted by Gasteiger charge is -2.09. The Kier molecular flexibility index (Phi) is 2.97. The molecule has 0 amide bonds. The summed E-state index contributed by atoms with van der Waals surface area (Å²) in [5, 5.41) is 1.20. The molecule has 1 N–H and O–H groups in total. The van der Waals surface area contributed by atoms with Crippen LogP contribution in [-0.4, -0.2) is 15.0 Å². The summed E-state index contributed by atoms with van der Waals surface area (Å²) in [7, 11) is 0. The quantitative estimate of drug-likeness (QED) is 0.562. The molecule has 0 saturated carbocycles. The summed E-state index contributed by atoms with van der Waals surface area (Å²) in [6.07, 6.45) is 2.81. The molecule has 3 aromatic rings. The van der Waals surface area contributed by atoms with Crippen LogP contribution < -0.4 is 0 Å². The third-order valence-corrected chi connectivity index (χ3v) is 3.84. The summed E-state index contributed by atoms with van der Waals surface area (Å²) in [6.45, 7) is 4.47. The minimum absolute atomic E-state index is 0.629. The van der Waals surface area contributed by atoms with Crippen molar-refractivity contribution in [2.45, 2.75) is 20.3 Å². The van der Waals surface area contributed by atoms with Crippen molar-refractivity contribution in [3.05, 3.63) is 33.8 Å². The van der Waals surface area contributed by atoms with Crippen molar-refractivity contribution in [1.82, 2.24) is 15.0 Å². The van der Waals surface area contributed by atoms with E-state index in [1.807, 2.05) is 0 Å². The van der Waals surface area contributed by atoms with Crippen LogP contribution in [0.1, 0.15) is 19.4 Å². The van der Waals surface area contributed by atoms with Crippen LogP contribution in [0, 0.1) is 9.62 Å². The van der Waals surface area contributed by atoms with Crippen molar-refractivity contribution in [3.63, 3.8) is 0 Å². The minimum Gasteiger partial charge on any atom is -0.342 e. The van der Waals surface area contributed by atoms with Crippen LogP contribution in [-0.2, 0) is 6.42 Å². The first-order valence-electron chi connectivity index (χ1n) is 6.07. The highest BCUT2D eigenvalue weighted by molar-refractivity contribution is 14.1. The Hall–Kier alpha value is -1.17. The van der Waals surface area contributed by atoms with Gasteiger partial charge in [0.15, 0.2) is 0 Å².